The second kappa shape index (κ2) is 4.35. The van der Waals surface area contributed by atoms with Gasteiger partial charge in [-0.3, -0.25) is 4.79 Å². The van der Waals surface area contributed by atoms with Crippen LogP contribution >= 0.6 is 15.9 Å². The zero-order valence-electron chi connectivity index (χ0n) is 8.63. The summed E-state index contributed by atoms with van der Waals surface area (Å²) in [6, 6.07) is 5.92. The van der Waals surface area contributed by atoms with Crippen molar-refractivity contribution < 1.29 is 9.53 Å². The third-order valence-electron chi connectivity index (χ3n) is 2.56. The first-order valence-electron chi connectivity index (χ1n) is 5.18. The molecule has 0 fully saturated rings. The van der Waals surface area contributed by atoms with Gasteiger partial charge < -0.3 is 4.74 Å². The van der Waals surface area contributed by atoms with Crippen LogP contribution in [-0.2, 0) is 11.2 Å². The predicted molar refractivity (Wildman–Crippen MR) is 62.2 cm³/mol. The molecule has 2 nitrogen and oxygen atoms in total. The fraction of sp³-hybridized carbons (Fsp3) is 0.417. The minimum atomic E-state index is -0.255. The van der Waals surface area contributed by atoms with E-state index in [0.717, 1.165) is 28.6 Å². The van der Waals surface area contributed by atoms with Gasteiger partial charge in [-0.25, -0.2) is 0 Å². The molecule has 0 spiro atoms. The molecule has 0 aliphatic carbocycles. The standard InChI is InChI=1S/C12H13BrO2/c1-2-3-10(14)12-6-8-4-5-9(13)7-11(8)15-12/h4-5,7,12H,2-3,6H2,1H3. The van der Waals surface area contributed by atoms with Crippen LogP contribution in [0.15, 0.2) is 22.7 Å². The van der Waals surface area contributed by atoms with E-state index in [1.807, 2.05) is 25.1 Å². The molecule has 1 aromatic rings. The number of carbonyl (C=O) groups is 1. The number of ether oxygens (including phenoxy) is 1. The van der Waals surface area contributed by atoms with Crippen LogP contribution in [0.1, 0.15) is 25.3 Å². The number of ketones is 1. The van der Waals surface area contributed by atoms with Crippen LogP contribution in [0.25, 0.3) is 0 Å². The first-order valence-corrected chi connectivity index (χ1v) is 5.98. The predicted octanol–water partition coefficient (Wildman–Crippen LogP) is 3.12. The average molecular weight is 269 g/mol. The van der Waals surface area contributed by atoms with Gasteiger partial charge in [0.2, 0.25) is 0 Å². The van der Waals surface area contributed by atoms with E-state index in [1.165, 1.54) is 0 Å². The Morgan fingerprint density at radius 3 is 3.13 bits per heavy atom. The minimum absolute atomic E-state index is 0.213. The fourth-order valence-corrected chi connectivity index (χ4v) is 2.13. The van der Waals surface area contributed by atoms with Crippen molar-refractivity contribution in [2.45, 2.75) is 32.3 Å². The molecule has 0 N–H and O–H groups in total. The highest BCUT2D eigenvalue weighted by atomic mass is 79.9. The molecule has 1 aliphatic heterocycles. The van der Waals surface area contributed by atoms with Crippen molar-refractivity contribution in [1.82, 2.24) is 0 Å². The summed E-state index contributed by atoms with van der Waals surface area (Å²) in [6.07, 6.45) is 1.97. The molecular weight excluding hydrogens is 256 g/mol. The van der Waals surface area contributed by atoms with E-state index in [0.29, 0.717) is 6.42 Å². The summed E-state index contributed by atoms with van der Waals surface area (Å²) in [4.78, 5) is 11.7. The molecule has 0 bridgehead atoms. The Hall–Kier alpha value is -0.830. The molecule has 0 saturated heterocycles. The van der Waals surface area contributed by atoms with Gasteiger partial charge in [0.25, 0.3) is 0 Å². The molecule has 0 saturated carbocycles. The first kappa shape index (κ1) is 10.7. The van der Waals surface area contributed by atoms with Crippen LogP contribution in [-0.4, -0.2) is 11.9 Å². The van der Waals surface area contributed by atoms with E-state index in [9.17, 15) is 4.79 Å². The van der Waals surface area contributed by atoms with Crippen LogP contribution in [0.3, 0.4) is 0 Å². The molecule has 1 atom stereocenters. The summed E-state index contributed by atoms with van der Waals surface area (Å²) in [5, 5.41) is 0. The normalized spacial score (nSPS) is 18.4. The van der Waals surface area contributed by atoms with E-state index >= 15 is 0 Å². The number of hydrogen-bond donors (Lipinski definition) is 0. The van der Waals surface area contributed by atoms with Gasteiger partial charge in [-0.2, -0.15) is 0 Å². The highest BCUT2D eigenvalue weighted by Gasteiger charge is 2.28. The van der Waals surface area contributed by atoms with E-state index in [2.05, 4.69) is 15.9 Å². The van der Waals surface area contributed by atoms with Crippen molar-refractivity contribution in [2.75, 3.05) is 0 Å². The summed E-state index contributed by atoms with van der Waals surface area (Å²) in [5.41, 5.74) is 1.13. The molecule has 1 aliphatic rings. The lowest BCUT2D eigenvalue weighted by Crippen LogP contribution is -2.24. The lowest BCUT2D eigenvalue weighted by atomic mass is 10.1. The van der Waals surface area contributed by atoms with Crippen LogP contribution in [0.4, 0.5) is 0 Å². The van der Waals surface area contributed by atoms with Gasteiger partial charge in [0.05, 0.1) is 0 Å². The van der Waals surface area contributed by atoms with Crippen LogP contribution in [0.5, 0.6) is 5.75 Å². The summed E-state index contributed by atoms with van der Waals surface area (Å²) >= 11 is 3.39. The Balaban J connectivity index is 2.12. The SMILES string of the molecule is CCCC(=O)C1Cc2ccc(Br)cc2O1. The monoisotopic (exact) mass is 268 g/mol. The van der Waals surface area contributed by atoms with E-state index in [1.54, 1.807) is 0 Å². The maximum absolute atomic E-state index is 11.7. The van der Waals surface area contributed by atoms with Gasteiger partial charge in [-0.15, -0.1) is 0 Å². The quantitative estimate of drug-likeness (QED) is 0.842. The number of halogens is 1. The van der Waals surface area contributed by atoms with E-state index < -0.39 is 0 Å². The lowest BCUT2D eigenvalue weighted by molar-refractivity contribution is -0.125. The van der Waals surface area contributed by atoms with Crippen molar-refractivity contribution in [3.63, 3.8) is 0 Å². The van der Waals surface area contributed by atoms with E-state index in [4.69, 9.17) is 4.74 Å². The molecule has 1 unspecified atom stereocenters. The van der Waals surface area contributed by atoms with Gasteiger partial charge in [-0.05, 0) is 24.1 Å². The average Bonchev–Trinajstić information content (AvgIpc) is 2.60. The van der Waals surface area contributed by atoms with Crippen molar-refractivity contribution in [3.05, 3.63) is 28.2 Å². The molecule has 0 amide bonds. The second-order valence-corrected chi connectivity index (χ2v) is 4.69. The molecule has 0 aromatic heterocycles. The van der Waals surface area contributed by atoms with Crippen LogP contribution in [0.2, 0.25) is 0 Å². The molecule has 1 aromatic carbocycles. The third-order valence-corrected chi connectivity index (χ3v) is 3.05. The van der Waals surface area contributed by atoms with Crippen LogP contribution < -0.4 is 4.74 Å². The van der Waals surface area contributed by atoms with Gasteiger partial charge >= 0.3 is 0 Å². The number of fused-ring (bicyclic) bond motifs is 1. The minimum Gasteiger partial charge on any atom is -0.482 e. The largest absolute Gasteiger partial charge is 0.482 e. The first-order chi connectivity index (χ1) is 7.20. The van der Waals surface area contributed by atoms with Gasteiger partial charge in [0.15, 0.2) is 11.9 Å². The Kier molecular flexibility index (Phi) is 3.10. The van der Waals surface area contributed by atoms with Crippen molar-refractivity contribution >= 4 is 21.7 Å². The van der Waals surface area contributed by atoms with Gasteiger partial charge in [-0.1, -0.05) is 28.9 Å². The number of carbonyl (C=O) groups excluding carboxylic acids is 1. The number of rotatable bonds is 3. The number of Topliss-reactive ketones (excluding diaryl/α,β-unsaturated/α-hetero) is 1. The molecule has 80 valence electrons. The maximum atomic E-state index is 11.7. The summed E-state index contributed by atoms with van der Waals surface area (Å²) in [5.74, 6) is 1.06. The topological polar surface area (TPSA) is 26.3 Å². The maximum Gasteiger partial charge on any atom is 0.173 e. The van der Waals surface area contributed by atoms with E-state index in [-0.39, 0.29) is 11.9 Å². The van der Waals surface area contributed by atoms with Crippen molar-refractivity contribution in [3.8, 4) is 5.75 Å². The highest BCUT2D eigenvalue weighted by Crippen LogP contribution is 2.32. The molecule has 15 heavy (non-hydrogen) atoms. The molecule has 0 radical (unpaired) electrons. The van der Waals surface area contributed by atoms with Crippen molar-refractivity contribution in [2.24, 2.45) is 0 Å². The lowest BCUT2D eigenvalue weighted by Gasteiger charge is -2.08. The Bertz CT molecular complexity index is 387. The fourth-order valence-electron chi connectivity index (χ4n) is 1.79. The smallest absolute Gasteiger partial charge is 0.173 e. The highest BCUT2D eigenvalue weighted by molar-refractivity contribution is 9.10. The molecular formula is C12H13BrO2. The third kappa shape index (κ3) is 2.23. The number of hydrogen-bond acceptors (Lipinski definition) is 2. The molecule has 3 heteroatoms. The number of benzene rings is 1. The molecule has 1 heterocycles. The summed E-state index contributed by atoms with van der Waals surface area (Å²) < 4.78 is 6.61. The summed E-state index contributed by atoms with van der Waals surface area (Å²) in [7, 11) is 0. The molecule has 2 rings (SSSR count). The Morgan fingerprint density at radius 1 is 1.60 bits per heavy atom. The second-order valence-electron chi connectivity index (χ2n) is 3.78. The van der Waals surface area contributed by atoms with Gasteiger partial charge in [0, 0.05) is 17.3 Å². The Morgan fingerprint density at radius 2 is 2.40 bits per heavy atom. The van der Waals surface area contributed by atoms with Crippen LogP contribution in [0, 0.1) is 0 Å². The van der Waals surface area contributed by atoms with Crippen molar-refractivity contribution in [1.29, 1.82) is 0 Å². The zero-order valence-corrected chi connectivity index (χ0v) is 10.2. The Labute approximate surface area is 97.8 Å². The summed E-state index contributed by atoms with van der Waals surface area (Å²) in [6.45, 7) is 2.01. The zero-order chi connectivity index (χ0) is 10.8. The van der Waals surface area contributed by atoms with Gasteiger partial charge in [0.1, 0.15) is 5.75 Å².